The number of amides is 2. The van der Waals surface area contributed by atoms with Gasteiger partial charge in [-0.15, -0.1) is 6.42 Å². The fourth-order valence-electron chi connectivity index (χ4n) is 2.82. The van der Waals surface area contributed by atoms with Gasteiger partial charge in [0.05, 0.1) is 16.8 Å². The van der Waals surface area contributed by atoms with Crippen molar-refractivity contribution in [2.75, 3.05) is 18.1 Å². The Morgan fingerprint density at radius 3 is 2.63 bits per heavy atom. The molecule has 0 aliphatic carbocycles. The Morgan fingerprint density at radius 1 is 1.23 bits per heavy atom. The van der Waals surface area contributed by atoms with Crippen LogP contribution in [0.2, 0.25) is 0 Å². The summed E-state index contributed by atoms with van der Waals surface area (Å²) in [4.78, 5) is 26.9. The topological polar surface area (TPSA) is 67.9 Å². The number of rotatable bonds is 6. The smallest absolute Gasteiger partial charge is 0.270 e. The molecule has 0 saturated carbocycles. The normalized spacial score (nSPS) is 15.0. The van der Waals surface area contributed by atoms with E-state index in [0.717, 1.165) is 0 Å². The lowest BCUT2D eigenvalue weighted by molar-refractivity contribution is -0.122. The zero-order chi connectivity index (χ0) is 21.7. The Balaban J connectivity index is 2.02. The third kappa shape index (κ3) is 4.53. The van der Waals surface area contributed by atoms with Crippen molar-refractivity contribution in [2.24, 2.45) is 0 Å². The van der Waals surface area contributed by atoms with Crippen molar-refractivity contribution >= 4 is 56.8 Å². The van der Waals surface area contributed by atoms with Crippen LogP contribution in [0.3, 0.4) is 0 Å². The van der Waals surface area contributed by atoms with Crippen molar-refractivity contribution in [3.63, 3.8) is 0 Å². The van der Waals surface area contributed by atoms with E-state index < -0.39 is 11.8 Å². The van der Waals surface area contributed by atoms with Crippen molar-refractivity contribution in [3.8, 4) is 23.8 Å². The van der Waals surface area contributed by atoms with Gasteiger partial charge in [0.2, 0.25) is 0 Å². The lowest BCUT2D eigenvalue weighted by atomic mass is 10.1. The van der Waals surface area contributed by atoms with E-state index in [1.165, 1.54) is 11.0 Å². The van der Waals surface area contributed by atoms with Gasteiger partial charge in [-0.2, -0.15) is 0 Å². The zero-order valence-electron chi connectivity index (χ0n) is 16.0. The lowest BCUT2D eigenvalue weighted by Crippen LogP contribution is -2.54. The van der Waals surface area contributed by atoms with Gasteiger partial charge >= 0.3 is 0 Å². The van der Waals surface area contributed by atoms with Crippen molar-refractivity contribution in [3.05, 3.63) is 58.1 Å². The number of para-hydroxylation sites is 1. The van der Waals surface area contributed by atoms with Gasteiger partial charge in [0.1, 0.15) is 12.2 Å². The molecule has 1 fully saturated rings. The van der Waals surface area contributed by atoms with E-state index in [9.17, 15) is 9.59 Å². The van der Waals surface area contributed by atoms with Gasteiger partial charge in [-0.1, -0.05) is 24.1 Å². The van der Waals surface area contributed by atoms with E-state index in [2.05, 4.69) is 27.2 Å². The van der Waals surface area contributed by atoms with E-state index in [1.54, 1.807) is 36.4 Å². The molecule has 2 aromatic carbocycles. The molecule has 0 radical (unpaired) electrons. The maximum absolute atomic E-state index is 13.1. The summed E-state index contributed by atoms with van der Waals surface area (Å²) >= 11 is 8.63. The first-order valence-electron chi connectivity index (χ1n) is 8.95. The van der Waals surface area contributed by atoms with Gasteiger partial charge in [-0.05, 0) is 71.0 Å². The third-order valence-corrected chi connectivity index (χ3v) is 4.93. The number of terminal acetylenes is 1. The predicted molar refractivity (Wildman–Crippen MR) is 122 cm³/mol. The van der Waals surface area contributed by atoms with E-state index >= 15 is 0 Å². The van der Waals surface area contributed by atoms with Crippen LogP contribution in [0.25, 0.3) is 6.08 Å². The summed E-state index contributed by atoms with van der Waals surface area (Å²) in [6.07, 6.45) is 6.75. The molecular weight excluding hydrogens is 468 g/mol. The number of nitrogens with one attached hydrogen (secondary N) is 1. The fourth-order valence-corrected chi connectivity index (χ4v) is 3.68. The maximum atomic E-state index is 13.1. The molecule has 0 atom stereocenters. The first kappa shape index (κ1) is 21.6. The summed E-state index contributed by atoms with van der Waals surface area (Å²) in [7, 11) is 0. The molecule has 0 bridgehead atoms. The van der Waals surface area contributed by atoms with Crippen molar-refractivity contribution in [1.82, 2.24) is 5.32 Å². The molecule has 152 valence electrons. The van der Waals surface area contributed by atoms with Gasteiger partial charge in [0, 0.05) is 0 Å². The lowest BCUT2D eigenvalue weighted by Gasteiger charge is -2.28. The van der Waals surface area contributed by atoms with E-state index in [4.69, 9.17) is 28.1 Å². The number of halogens is 1. The SMILES string of the molecule is C#CCOc1c(Br)cc(/C=C2/C(=O)NC(=S)N(c3ccccc3)C2=O)cc1OCC. The average Bonchev–Trinajstić information content (AvgIpc) is 2.71. The summed E-state index contributed by atoms with van der Waals surface area (Å²) in [6, 6.07) is 12.3. The van der Waals surface area contributed by atoms with Gasteiger partial charge < -0.3 is 9.47 Å². The number of thiocarbonyl (C=S) groups is 1. The van der Waals surface area contributed by atoms with Crippen LogP contribution in [-0.4, -0.2) is 30.1 Å². The Kier molecular flexibility index (Phi) is 6.87. The number of carbonyl (C=O) groups excluding carboxylic acids is 2. The molecule has 0 spiro atoms. The van der Waals surface area contributed by atoms with E-state index in [1.807, 2.05) is 13.0 Å². The maximum Gasteiger partial charge on any atom is 0.270 e. The number of anilines is 1. The van der Waals surface area contributed by atoms with Crippen LogP contribution in [0.4, 0.5) is 5.69 Å². The Hall–Kier alpha value is -3.15. The number of benzene rings is 2. The second-order valence-electron chi connectivity index (χ2n) is 6.05. The van der Waals surface area contributed by atoms with Crippen LogP contribution in [0, 0.1) is 12.3 Å². The van der Waals surface area contributed by atoms with Gasteiger partial charge in [0.25, 0.3) is 11.8 Å². The molecule has 1 heterocycles. The summed E-state index contributed by atoms with van der Waals surface area (Å²) < 4.78 is 11.8. The molecule has 1 aliphatic rings. The highest BCUT2D eigenvalue weighted by Gasteiger charge is 2.34. The first-order chi connectivity index (χ1) is 14.5. The summed E-state index contributed by atoms with van der Waals surface area (Å²) in [5, 5.41) is 2.59. The molecule has 0 unspecified atom stereocenters. The van der Waals surface area contributed by atoms with Crippen molar-refractivity contribution < 1.29 is 19.1 Å². The summed E-state index contributed by atoms with van der Waals surface area (Å²) in [6.45, 7) is 2.30. The van der Waals surface area contributed by atoms with Crippen molar-refractivity contribution in [1.29, 1.82) is 0 Å². The summed E-state index contributed by atoms with van der Waals surface area (Å²) in [5.41, 5.74) is 1.07. The van der Waals surface area contributed by atoms with Gasteiger partial charge in [-0.25, -0.2) is 0 Å². The zero-order valence-corrected chi connectivity index (χ0v) is 18.4. The molecule has 1 aliphatic heterocycles. The minimum Gasteiger partial charge on any atom is -0.490 e. The Labute approximate surface area is 188 Å². The molecule has 2 aromatic rings. The van der Waals surface area contributed by atoms with Crippen LogP contribution in [0.1, 0.15) is 12.5 Å². The number of ether oxygens (including phenoxy) is 2. The molecule has 6 nitrogen and oxygen atoms in total. The molecule has 1 saturated heterocycles. The van der Waals surface area contributed by atoms with Crippen LogP contribution in [0.15, 0.2) is 52.5 Å². The minimum atomic E-state index is -0.570. The number of nitrogens with zero attached hydrogens (tertiary/aromatic N) is 1. The molecule has 30 heavy (non-hydrogen) atoms. The number of hydrogen-bond acceptors (Lipinski definition) is 5. The van der Waals surface area contributed by atoms with Gasteiger partial charge in [0.15, 0.2) is 16.6 Å². The van der Waals surface area contributed by atoms with Crippen LogP contribution in [0.5, 0.6) is 11.5 Å². The highest BCUT2D eigenvalue weighted by Crippen LogP contribution is 2.37. The number of carbonyl (C=O) groups is 2. The molecule has 3 rings (SSSR count). The fraction of sp³-hybridized carbons (Fsp3) is 0.136. The average molecular weight is 485 g/mol. The van der Waals surface area contributed by atoms with E-state index in [0.29, 0.717) is 33.8 Å². The monoisotopic (exact) mass is 484 g/mol. The first-order valence-corrected chi connectivity index (χ1v) is 10.2. The highest BCUT2D eigenvalue weighted by atomic mass is 79.9. The van der Waals surface area contributed by atoms with E-state index in [-0.39, 0.29) is 17.3 Å². The highest BCUT2D eigenvalue weighted by molar-refractivity contribution is 9.10. The Bertz CT molecular complexity index is 1080. The molecule has 8 heteroatoms. The minimum absolute atomic E-state index is 0.0302. The molecular formula is C22H17BrN2O4S. The molecule has 2 amide bonds. The standard InChI is InChI=1S/C22H17BrN2O4S/c1-3-10-29-19-17(23)12-14(13-18(19)28-4-2)11-16-20(26)24-22(30)25(21(16)27)15-8-6-5-7-9-15/h1,5-9,11-13H,4,10H2,2H3,(H,24,26,30)/b16-11-. The molecule has 1 N–H and O–H groups in total. The second-order valence-corrected chi connectivity index (χ2v) is 7.29. The summed E-state index contributed by atoms with van der Waals surface area (Å²) in [5.74, 6) is 2.20. The predicted octanol–water partition coefficient (Wildman–Crippen LogP) is 3.69. The largest absolute Gasteiger partial charge is 0.490 e. The third-order valence-electron chi connectivity index (χ3n) is 4.06. The molecule has 0 aromatic heterocycles. The Morgan fingerprint density at radius 2 is 1.97 bits per heavy atom. The van der Waals surface area contributed by atoms with Gasteiger partial charge in [-0.3, -0.25) is 19.8 Å². The van der Waals surface area contributed by atoms with Crippen molar-refractivity contribution in [2.45, 2.75) is 6.92 Å². The van der Waals surface area contributed by atoms with Crippen LogP contribution in [-0.2, 0) is 9.59 Å². The quantitative estimate of drug-likeness (QED) is 0.293. The van der Waals surface area contributed by atoms with Crippen LogP contribution < -0.4 is 19.7 Å². The van der Waals surface area contributed by atoms with Crippen LogP contribution >= 0.6 is 28.1 Å². The second kappa shape index (κ2) is 9.57. The number of hydrogen-bond donors (Lipinski definition) is 1.